The fourth-order valence-corrected chi connectivity index (χ4v) is 5.01. The number of hydrogen-bond acceptors (Lipinski definition) is 2. The molecule has 6 rings (SSSR count). The highest BCUT2D eigenvalue weighted by Crippen LogP contribution is 2.46. The van der Waals surface area contributed by atoms with E-state index in [2.05, 4.69) is 76.3 Å². The highest BCUT2D eigenvalue weighted by molar-refractivity contribution is 5.79. The van der Waals surface area contributed by atoms with Crippen LogP contribution in [-0.2, 0) is 6.42 Å². The Morgan fingerprint density at radius 1 is 0.929 bits per heavy atom. The first kappa shape index (κ1) is 15.8. The van der Waals surface area contributed by atoms with E-state index in [0.29, 0.717) is 6.42 Å². The first-order valence-electron chi connectivity index (χ1n) is 9.80. The smallest absolute Gasteiger partial charge is 0.0956 e. The summed E-state index contributed by atoms with van der Waals surface area (Å²) in [5.74, 6) is 0. The summed E-state index contributed by atoms with van der Waals surface area (Å²) in [6.45, 7) is 0. The highest BCUT2D eigenvalue weighted by Gasteiger charge is 2.31. The third-order valence-corrected chi connectivity index (χ3v) is 6.25. The molecule has 0 amide bonds. The van der Waals surface area contributed by atoms with Gasteiger partial charge in [0.2, 0.25) is 0 Å². The van der Waals surface area contributed by atoms with Crippen molar-refractivity contribution < 1.29 is 5.11 Å². The van der Waals surface area contributed by atoms with Crippen LogP contribution >= 0.6 is 0 Å². The van der Waals surface area contributed by atoms with Crippen LogP contribution in [0.15, 0.2) is 79.3 Å². The van der Waals surface area contributed by atoms with E-state index in [1.807, 2.05) is 12.5 Å². The molecule has 1 aromatic heterocycles. The van der Waals surface area contributed by atoms with Gasteiger partial charge in [0.25, 0.3) is 0 Å². The van der Waals surface area contributed by atoms with Gasteiger partial charge in [-0.05, 0) is 39.8 Å². The molecule has 28 heavy (non-hydrogen) atoms. The van der Waals surface area contributed by atoms with Crippen molar-refractivity contribution in [2.75, 3.05) is 0 Å². The molecule has 2 atom stereocenters. The van der Waals surface area contributed by atoms with Crippen molar-refractivity contribution in [3.05, 3.63) is 102 Å². The molecule has 1 N–H and O–H groups in total. The monoisotopic (exact) mass is 364 g/mol. The zero-order chi connectivity index (χ0) is 18.7. The van der Waals surface area contributed by atoms with Crippen LogP contribution in [0.2, 0.25) is 0 Å². The summed E-state index contributed by atoms with van der Waals surface area (Å²) in [6, 6.07) is 23.5. The second-order valence-corrected chi connectivity index (χ2v) is 7.76. The standard InChI is InChI=1S/C25H20N2O/c28-24(13-22-19-9-3-4-10-20(19)23-14-26-15-27(22)23)21-11-5-7-17-12-16-6-1-2-8-18(16)25(17)21/h1-11,14-15,22,24,28H,12-13H2. The number of fused-ring (bicyclic) bond motifs is 6. The van der Waals surface area contributed by atoms with E-state index in [1.54, 1.807) is 0 Å². The molecule has 136 valence electrons. The minimum Gasteiger partial charge on any atom is -0.388 e. The fourth-order valence-electron chi connectivity index (χ4n) is 5.01. The SMILES string of the molecule is OC(CC1c2ccccc2-c2cncn21)c1cccc2c1-c1ccccc1C2. The zero-order valence-corrected chi connectivity index (χ0v) is 15.4. The van der Waals surface area contributed by atoms with Gasteiger partial charge in [0.1, 0.15) is 0 Å². The number of aliphatic hydroxyl groups is 1. The maximum absolute atomic E-state index is 11.3. The molecule has 0 fully saturated rings. The van der Waals surface area contributed by atoms with E-state index in [9.17, 15) is 5.11 Å². The second kappa shape index (κ2) is 5.91. The summed E-state index contributed by atoms with van der Waals surface area (Å²) in [5.41, 5.74) is 9.82. The minimum atomic E-state index is -0.535. The zero-order valence-electron chi connectivity index (χ0n) is 15.4. The molecule has 0 saturated carbocycles. The van der Waals surface area contributed by atoms with E-state index < -0.39 is 6.10 Å². The van der Waals surface area contributed by atoms with Crippen molar-refractivity contribution in [2.45, 2.75) is 25.0 Å². The predicted octanol–water partition coefficient (Wildman–Crippen LogP) is 5.15. The molecular weight excluding hydrogens is 344 g/mol. The van der Waals surface area contributed by atoms with Crippen LogP contribution in [-0.4, -0.2) is 14.7 Å². The Kier molecular flexibility index (Phi) is 3.35. The second-order valence-electron chi connectivity index (χ2n) is 7.76. The van der Waals surface area contributed by atoms with Gasteiger partial charge in [-0.3, -0.25) is 0 Å². The maximum Gasteiger partial charge on any atom is 0.0956 e. The molecule has 0 spiro atoms. The fraction of sp³-hybridized carbons (Fsp3) is 0.160. The Morgan fingerprint density at radius 3 is 2.64 bits per heavy atom. The first-order valence-corrected chi connectivity index (χ1v) is 9.80. The van der Waals surface area contributed by atoms with E-state index in [0.717, 1.165) is 17.7 Å². The maximum atomic E-state index is 11.3. The Bertz CT molecular complexity index is 1210. The molecule has 1 aliphatic heterocycles. The molecule has 2 heterocycles. The molecular formula is C25H20N2O. The van der Waals surface area contributed by atoms with Crippen LogP contribution in [0.4, 0.5) is 0 Å². The summed E-state index contributed by atoms with van der Waals surface area (Å²) < 4.78 is 2.20. The highest BCUT2D eigenvalue weighted by atomic mass is 16.3. The lowest BCUT2D eigenvalue weighted by Gasteiger charge is -2.21. The third-order valence-electron chi connectivity index (χ3n) is 6.25. The number of aliphatic hydroxyl groups excluding tert-OH is 1. The average molecular weight is 364 g/mol. The molecule has 3 nitrogen and oxygen atoms in total. The lowest BCUT2D eigenvalue weighted by Crippen LogP contribution is -2.11. The predicted molar refractivity (Wildman–Crippen MR) is 110 cm³/mol. The van der Waals surface area contributed by atoms with Gasteiger partial charge in [0.05, 0.1) is 30.4 Å². The number of nitrogens with zero attached hydrogens (tertiary/aromatic N) is 2. The van der Waals surface area contributed by atoms with Crippen LogP contribution < -0.4 is 0 Å². The van der Waals surface area contributed by atoms with Crippen molar-refractivity contribution in [3.8, 4) is 22.4 Å². The van der Waals surface area contributed by atoms with Gasteiger partial charge >= 0.3 is 0 Å². The first-order chi connectivity index (χ1) is 13.8. The lowest BCUT2D eigenvalue weighted by molar-refractivity contribution is 0.154. The number of rotatable bonds is 3. The molecule has 3 heteroatoms. The van der Waals surface area contributed by atoms with Crippen molar-refractivity contribution in [1.29, 1.82) is 0 Å². The third kappa shape index (κ3) is 2.17. The van der Waals surface area contributed by atoms with Gasteiger partial charge in [-0.25, -0.2) is 4.98 Å². The molecule has 2 aliphatic rings. The molecule has 1 aliphatic carbocycles. The van der Waals surface area contributed by atoms with Gasteiger partial charge in [-0.15, -0.1) is 0 Å². The summed E-state index contributed by atoms with van der Waals surface area (Å²) >= 11 is 0. The van der Waals surface area contributed by atoms with Crippen LogP contribution in [0, 0.1) is 0 Å². The topological polar surface area (TPSA) is 38.1 Å². The Hall–Kier alpha value is -3.17. The van der Waals surface area contributed by atoms with E-state index >= 15 is 0 Å². The van der Waals surface area contributed by atoms with Gasteiger partial charge in [0.15, 0.2) is 0 Å². The Labute approximate surface area is 163 Å². The molecule has 3 aromatic carbocycles. The van der Waals surface area contributed by atoms with Crippen molar-refractivity contribution in [3.63, 3.8) is 0 Å². The van der Waals surface area contributed by atoms with Crippen molar-refractivity contribution in [2.24, 2.45) is 0 Å². The van der Waals surface area contributed by atoms with E-state index in [1.165, 1.54) is 33.4 Å². The molecule has 0 radical (unpaired) electrons. The van der Waals surface area contributed by atoms with Gasteiger partial charge < -0.3 is 9.67 Å². The summed E-state index contributed by atoms with van der Waals surface area (Å²) in [6.07, 6.45) is 4.86. The van der Waals surface area contributed by atoms with Crippen LogP contribution in [0.3, 0.4) is 0 Å². The summed E-state index contributed by atoms with van der Waals surface area (Å²) in [5, 5.41) is 11.3. The van der Waals surface area contributed by atoms with Gasteiger partial charge in [0, 0.05) is 12.0 Å². The largest absolute Gasteiger partial charge is 0.388 e. The normalized spacial score (nSPS) is 17.0. The van der Waals surface area contributed by atoms with Crippen molar-refractivity contribution >= 4 is 0 Å². The molecule has 4 aromatic rings. The van der Waals surface area contributed by atoms with Crippen molar-refractivity contribution in [1.82, 2.24) is 9.55 Å². The van der Waals surface area contributed by atoms with E-state index in [-0.39, 0.29) is 6.04 Å². The minimum absolute atomic E-state index is 0.108. The summed E-state index contributed by atoms with van der Waals surface area (Å²) in [4.78, 5) is 4.34. The van der Waals surface area contributed by atoms with Crippen LogP contribution in [0.25, 0.3) is 22.4 Å². The number of imidazole rings is 1. The molecule has 0 bridgehead atoms. The lowest BCUT2D eigenvalue weighted by atomic mass is 9.91. The quantitative estimate of drug-likeness (QED) is 0.481. The van der Waals surface area contributed by atoms with E-state index in [4.69, 9.17) is 0 Å². The van der Waals surface area contributed by atoms with Crippen LogP contribution in [0.1, 0.15) is 40.8 Å². The van der Waals surface area contributed by atoms with Crippen LogP contribution in [0.5, 0.6) is 0 Å². The molecule has 0 saturated heterocycles. The van der Waals surface area contributed by atoms with Gasteiger partial charge in [-0.2, -0.15) is 0 Å². The average Bonchev–Trinajstić information content (AvgIpc) is 3.42. The number of benzene rings is 3. The Morgan fingerprint density at radius 2 is 1.71 bits per heavy atom. The molecule has 2 unspecified atom stereocenters. The van der Waals surface area contributed by atoms with Gasteiger partial charge in [-0.1, -0.05) is 66.7 Å². The number of hydrogen-bond donors (Lipinski definition) is 1. The number of aromatic nitrogens is 2. The summed E-state index contributed by atoms with van der Waals surface area (Å²) in [7, 11) is 0. The Balaban J connectivity index is 1.41.